The van der Waals surface area contributed by atoms with E-state index in [4.69, 9.17) is 14.2 Å². The largest absolute Gasteiger partial charge is 0.496 e. The van der Waals surface area contributed by atoms with Crippen LogP contribution < -0.4 is 9.47 Å². The molecule has 0 aliphatic heterocycles. The number of ether oxygens (including phenoxy) is 3. The summed E-state index contributed by atoms with van der Waals surface area (Å²) in [7, 11) is 3.42. The van der Waals surface area contributed by atoms with Crippen LogP contribution >= 0.6 is 0 Å². The minimum Gasteiger partial charge on any atom is -0.496 e. The predicted octanol–water partition coefficient (Wildman–Crippen LogP) is 4.70. The molecule has 0 bridgehead atoms. The van der Waals surface area contributed by atoms with Crippen LogP contribution in [0.2, 0.25) is 0 Å². The van der Waals surface area contributed by atoms with E-state index < -0.39 is 0 Å². The van der Waals surface area contributed by atoms with E-state index in [0.717, 1.165) is 35.5 Å². The second-order valence-electron chi connectivity index (χ2n) is 5.86. The highest BCUT2D eigenvalue weighted by Crippen LogP contribution is 2.34. The number of hydrogen-bond donors (Lipinski definition) is 0. The molecular formula is C21H28O3. The molecule has 3 nitrogen and oxygen atoms in total. The molecular weight excluding hydrogens is 300 g/mol. The summed E-state index contributed by atoms with van der Waals surface area (Å²) in [5.74, 6) is 1.71. The van der Waals surface area contributed by atoms with Gasteiger partial charge in [0, 0.05) is 18.6 Å². The van der Waals surface area contributed by atoms with Gasteiger partial charge in [-0.3, -0.25) is 0 Å². The Hall–Kier alpha value is -2.00. The number of hydrogen-bond acceptors (Lipinski definition) is 3. The second kappa shape index (κ2) is 8.74. The Balaban J connectivity index is 2.44. The molecule has 2 aromatic carbocycles. The first kappa shape index (κ1) is 18.3. The highest BCUT2D eigenvalue weighted by Gasteiger charge is 2.15. The summed E-state index contributed by atoms with van der Waals surface area (Å²) in [5, 5.41) is 0. The lowest BCUT2D eigenvalue weighted by Crippen LogP contribution is -2.03. The number of rotatable bonds is 8. The zero-order valence-electron chi connectivity index (χ0n) is 15.4. The zero-order chi connectivity index (χ0) is 17.5. The number of methoxy groups -OCH3 is 2. The molecule has 0 atom stereocenters. The smallest absolute Gasteiger partial charge is 0.126 e. The fourth-order valence-electron chi connectivity index (χ4n) is 3.14. The summed E-state index contributed by atoms with van der Waals surface area (Å²) in [6.07, 6.45) is 1.82. The van der Waals surface area contributed by atoms with Crippen molar-refractivity contribution in [1.82, 2.24) is 0 Å². The second-order valence-corrected chi connectivity index (χ2v) is 5.86. The fourth-order valence-corrected chi connectivity index (χ4v) is 3.14. The summed E-state index contributed by atoms with van der Waals surface area (Å²) in [6.45, 7) is 7.62. The third kappa shape index (κ3) is 4.09. The molecule has 130 valence electrons. The lowest BCUT2D eigenvalue weighted by molar-refractivity contribution is 0.133. The van der Waals surface area contributed by atoms with Gasteiger partial charge in [0.05, 0.1) is 20.8 Å². The van der Waals surface area contributed by atoms with Crippen LogP contribution in [0.25, 0.3) is 0 Å². The van der Waals surface area contributed by atoms with Crippen LogP contribution in [-0.2, 0) is 24.2 Å². The molecule has 0 aliphatic carbocycles. The summed E-state index contributed by atoms with van der Waals surface area (Å²) < 4.78 is 16.8. The van der Waals surface area contributed by atoms with E-state index in [9.17, 15) is 0 Å². The van der Waals surface area contributed by atoms with E-state index in [2.05, 4.69) is 44.2 Å². The van der Waals surface area contributed by atoms with Crippen molar-refractivity contribution in [2.75, 3.05) is 20.8 Å². The molecule has 0 aromatic heterocycles. The lowest BCUT2D eigenvalue weighted by Gasteiger charge is -2.17. The van der Waals surface area contributed by atoms with Crippen molar-refractivity contribution in [2.24, 2.45) is 0 Å². The molecule has 24 heavy (non-hydrogen) atoms. The van der Waals surface area contributed by atoms with Crippen molar-refractivity contribution in [3.8, 4) is 11.5 Å². The standard InChI is InChI=1S/C21H28O3/c1-6-18-15(3)9-8-10-17(18)13-19-20(22-4)11-16(14-24-7-2)12-21(19)23-5/h8-12H,6-7,13-14H2,1-5H3. The average molecular weight is 328 g/mol. The first-order valence-electron chi connectivity index (χ1n) is 8.53. The highest BCUT2D eigenvalue weighted by atomic mass is 16.5. The van der Waals surface area contributed by atoms with Gasteiger partial charge >= 0.3 is 0 Å². The Morgan fingerprint density at radius 2 is 1.58 bits per heavy atom. The van der Waals surface area contributed by atoms with Gasteiger partial charge < -0.3 is 14.2 Å². The van der Waals surface area contributed by atoms with Crippen molar-refractivity contribution < 1.29 is 14.2 Å². The van der Waals surface area contributed by atoms with Gasteiger partial charge in [-0.15, -0.1) is 0 Å². The van der Waals surface area contributed by atoms with Gasteiger partial charge in [-0.1, -0.05) is 25.1 Å². The molecule has 0 N–H and O–H groups in total. The quantitative estimate of drug-likeness (QED) is 0.703. The summed E-state index contributed by atoms with van der Waals surface area (Å²) in [5.41, 5.74) is 6.21. The molecule has 0 aliphatic rings. The molecule has 0 heterocycles. The highest BCUT2D eigenvalue weighted by molar-refractivity contribution is 5.51. The molecule has 0 unspecified atom stereocenters. The normalized spacial score (nSPS) is 10.7. The van der Waals surface area contributed by atoms with Gasteiger partial charge in [-0.25, -0.2) is 0 Å². The van der Waals surface area contributed by atoms with Crippen LogP contribution in [-0.4, -0.2) is 20.8 Å². The third-order valence-corrected chi connectivity index (χ3v) is 4.37. The Labute approximate surface area is 145 Å². The maximum atomic E-state index is 5.65. The van der Waals surface area contributed by atoms with Gasteiger partial charge in [0.1, 0.15) is 11.5 Å². The van der Waals surface area contributed by atoms with Gasteiger partial charge in [0.25, 0.3) is 0 Å². The molecule has 3 heteroatoms. The maximum Gasteiger partial charge on any atom is 0.126 e. The van der Waals surface area contributed by atoms with E-state index in [-0.39, 0.29) is 0 Å². The molecule has 2 rings (SSSR count). The van der Waals surface area contributed by atoms with Gasteiger partial charge in [-0.2, -0.15) is 0 Å². The van der Waals surface area contributed by atoms with E-state index >= 15 is 0 Å². The Kier molecular flexibility index (Phi) is 6.68. The molecule has 0 amide bonds. The maximum absolute atomic E-state index is 5.65. The number of aryl methyl sites for hydroxylation is 1. The molecule has 2 aromatic rings. The van der Waals surface area contributed by atoms with E-state index in [1.165, 1.54) is 16.7 Å². The van der Waals surface area contributed by atoms with Crippen LogP contribution in [0.4, 0.5) is 0 Å². The van der Waals surface area contributed by atoms with Gasteiger partial charge in [0.15, 0.2) is 0 Å². The van der Waals surface area contributed by atoms with Crippen molar-refractivity contribution in [3.05, 3.63) is 58.1 Å². The zero-order valence-corrected chi connectivity index (χ0v) is 15.4. The van der Waals surface area contributed by atoms with Crippen molar-refractivity contribution in [2.45, 2.75) is 40.2 Å². The Morgan fingerprint density at radius 3 is 2.12 bits per heavy atom. The molecule has 0 radical (unpaired) electrons. The van der Waals surface area contributed by atoms with Crippen molar-refractivity contribution in [1.29, 1.82) is 0 Å². The van der Waals surface area contributed by atoms with E-state index in [1.807, 2.05) is 6.92 Å². The van der Waals surface area contributed by atoms with E-state index in [1.54, 1.807) is 14.2 Å². The van der Waals surface area contributed by atoms with Crippen LogP contribution in [0, 0.1) is 6.92 Å². The first-order chi connectivity index (χ1) is 11.6. The summed E-state index contributed by atoms with van der Waals surface area (Å²) in [4.78, 5) is 0. The van der Waals surface area contributed by atoms with Crippen LogP contribution in [0.1, 0.15) is 41.7 Å². The Morgan fingerprint density at radius 1 is 0.917 bits per heavy atom. The van der Waals surface area contributed by atoms with Crippen LogP contribution in [0.3, 0.4) is 0 Å². The minimum absolute atomic E-state index is 0.564. The molecule has 0 spiro atoms. The third-order valence-electron chi connectivity index (χ3n) is 4.37. The van der Waals surface area contributed by atoms with Gasteiger partial charge in [-0.05, 0) is 54.7 Å². The molecule has 0 saturated carbocycles. The SMILES string of the molecule is CCOCc1cc(OC)c(Cc2cccc(C)c2CC)c(OC)c1. The van der Waals surface area contributed by atoms with E-state index in [0.29, 0.717) is 13.2 Å². The topological polar surface area (TPSA) is 27.7 Å². The lowest BCUT2D eigenvalue weighted by atomic mass is 9.93. The molecule has 0 fully saturated rings. The van der Waals surface area contributed by atoms with Crippen molar-refractivity contribution >= 4 is 0 Å². The molecule has 0 saturated heterocycles. The monoisotopic (exact) mass is 328 g/mol. The van der Waals surface area contributed by atoms with Crippen molar-refractivity contribution in [3.63, 3.8) is 0 Å². The van der Waals surface area contributed by atoms with Crippen LogP contribution in [0.5, 0.6) is 11.5 Å². The average Bonchev–Trinajstić information content (AvgIpc) is 2.60. The summed E-state index contributed by atoms with van der Waals surface area (Å²) in [6, 6.07) is 10.6. The number of benzene rings is 2. The van der Waals surface area contributed by atoms with Crippen LogP contribution in [0.15, 0.2) is 30.3 Å². The summed E-state index contributed by atoms with van der Waals surface area (Å²) >= 11 is 0. The minimum atomic E-state index is 0.564. The first-order valence-corrected chi connectivity index (χ1v) is 8.53. The van der Waals surface area contributed by atoms with Gasteiger partial charge in [0.2, 0.25) is 0 Å². The Bertz CT molecular complexity index is 652. The predicted molar refractivity (Wildman–Crippen MR) is 98.2 cm³/mol. The fraction of sp³-hybridized carbons (Fsp3) is 0.429.